The molecule has 1 aromatic rings. The van der Waals surface area contributed by atoms with Gasteiger partial charge in [-0.25, -0.2) is 0 Å². The molecule has 0 amide bonds. The summed E-state index contributed by atoms with van der Waals surface area (Å²) < 4.78 is 4.94. The zero-order valence-electron chi connectivity index (χ0n) is 10.2. The number of aromatic nitrogens is 3. The standard InChI is InChI=1S/C10H17N5OS/c1-7(6-17)12-10-14-8(2)13-9(15-10)11-4-5-16-3/h6-7H,4-5H2,1-3H3,(H2,11,12,13,14,15). The van der Waals surface area contributed by atoms with E-state index in [4.69, 9.17) is 17.0 Å². The van der Waals surface area contributed by atoms with E-state index in [2.05, 4.69) is 25.6 Å². The highest BCUT2D eigenvalue weighted by molar-refractivity contribution is 7.79. The maximum atomic E-state index is 4.94. The number of aryl methyl sites for hydroxylation is 1. The van der Waals surface area contributed by atoms with E-state index in [0.29, 0.717) is 30.9 Å². The number of thiocarbonyl (C=S) groups is 1. The molecule has 94 valence electrons. The smallest absolute Gasteiger partial charge is 0.228 e. The van der Waals surface area contributed by atoms with E-state index in [-0.39, 0.29) is 6.04 Å². The number of anilines is 2. The SMILES string of the molecule is COCCNc1nc(C)nc(NC(C)C=S)n1. The van der Waals surface area contributed by atoms with Gasteiger partial charge in [0.25, 0.3) is 0 Å². The van der Waals surface area contributed by atoms with Crippen LogP contribution in [0.4, 0.5) is 11.9 Å². The Labute approximate surface area is 106 Å². The van der Waals surface area contributed by atoms with Crippen LogP contribution in [0.2, 0.25) is 0 Å². The zero-order valence-corrected chi connectivity index (χ0v) is 11.0. The molecular formula is C10H17N5OS. The lowest BCUT2D eigenvalue weighted by Gasteiger charge is -2.10. The lowest BCUT2D eigenvalue weighted by atomic mass is 10.4. The molecule has 1 unspecified atom stereocenters. The van der Waals surface area contributed by atoms with Crippen LogP contribution in [0.3, 0.4) is 0 Å². The monoisotopic (exact) mass is 255 g/mol. The van der Waals surface area contributed by atoms with Crippen molar-refractivity contribution in [2.45, 2.75) is 19.9 Å². The second-order valence-corrected chi connectivity index (χ2v) is 3.79. The number of nitrogens with one attached hydrogen (secondary N) is 2. The van der Waals surface area contributed by atoms with Gasteiger partial charge in [0.15, 0.2) is 0 Å². The van der Waals surface area contributed by atoms with Crippen LogP contribution in [-0.2, 0) is 4.74 Å². The molecule has 2 N–H and O–H groups in total. The molecule has 1 atom stereocenters. The van der Waals surface area contributed by atoms with Crippen LogP contribution in [-0.4, -0.2) is 46.6 Å². The van der Waals surface area contributed by atoms with Gasteiger partial charge in [0.05, 0.1) is 12.6 Å². The van der Waals surface area contributed by atoms with E-state index in [9.17, 15) is 0 Å². The Morgan fingerprint density at radius 3 is 2.71 bits per heavy atom. The summed E-state index contributed by atoms with van der Waals surface area (Å²) in [6.45, 7) is 5.01. The molecule has 0 aliphatic rings. The fourth-order valence-electron chi connectivity index (χ4n) is 1.13. The Bertz CT molecular complexity index is 374. The van der Waals surface area contributed by atoms with Gasteiger partial charge in [0.1, 0.15) is 5.82 Å². The lowest BCUT2D eigenvalue weighted by Crippen LogP contribution is -2.19. The molecule has 0 radical (unpaired) electrons. The highest BCUT2D eigenvalue weighted by Crippen LogP contribution is 2.05. The summed E-state index contributed by atoms with van der Waals surface area (Å²) in [4.78, 5) is 12.6. The van der Waals surface area contributed by atoms with Gasteiger partial charge < -0.3 is 15.4 Å². The van der Waals surface area contributed by atoms with E-state index >= 15 is 0 Å². The molecule has 1 heterocycles. The van der Waals surface area contributed by atoms with Crippen molar-refractivity contribution in [2.75, 3.05) is 30.9 Å². The highest BCUT2D eigenvalue weighted by atomic mass is 32.1. The quantitative estimate of drug-likeness (QED) is 0.557. The second-order valence-electron chi connectivity index (χ2n) is 3.52. The van der Waals surface area contributed by atoms with Gasteiger partial charge in [-0.3, -0.25) is 0 Å². The molecule has 7 heteroatoms. The molecule has 1 aromatic heterocycles. The first-order valence-corrected chi connectivity index (χ1v) is 5.80. The minimum atomic E-state index is 0.0404. The van der Waals surface area contributed by atoms with E-state index in [1.807, 2.05) is 13.8 Å². The first-order valence-electron chi connectivity index (χ1n) is 5.33. The summed E-state index contributed by atoms with van der Waals surface area (Å²) in [5.74, 6) is 1.71. The number of rotatable bonds is 7. The van der Waals surface area contributed by atoms with Crippen LogP contribution in [0.15, 0.2) is 0 Å². The van der Waals surface area contributed by atoms with E-state index in [1.54, 1.807) is 12.5 Å². The Kier molecular flexibility index (Phi) is 5.71. The molecule has 0 fully saturated rings. The normalized spacial score (nSPS) is 11.9. The van der Waals surface area contributed by atoms with Crippen molar-refractivity contribution < 1.29 is 4.74 Å². The second kappa shape index (κ2) is 7.08. The summed E-state index contributed by atoms with van der Waals surface area (Å²) >= 11 is 4.83. The first-order chi connectivity index (χ1) is 8.15. The van der Waals surface area contributed by atoms with Crippen LogP contribution in [0, 0.1) is 6.92 Å². The molecule has 0 bridgehead atoms. The summed E-state index contributed by atoms with van der Waals surface area (Å²) in [6, 6.07) is 0.0404. The average molecular weight is 255 g/mol. The van der Waals surface area contributed by atoms with Gasteiger partial charge in [-0.15, -0.1) is 0 Å². The third-order valence-corrected chi connectivity index (χ3v) is 2.31. The molecule has 0 aliphatic heterocycles. The minimum absolute atomic E-state index is 0.0404. The van der Waals surface area contributed by atoms with Crippen molar-refractivity contribution in [1.82, 2.24) is 15.0 Å². The van der Waals surface area contributed by atoms with Crippen molar-refractivity contribution in [3.63, 3.8) is 0 Å². The van der Waals surface area contributed by atoms with Crippen LogP contribution in [0.25, 0.3) is 0 Å². The third kappa shape index (κ3) is 5.01. The number of nitrogens with zero attached hydrogens (tertiary/aromatic N) is 3. The fourth-order valence-corrected chi connectivity index (χ4v) is 1.20. The van der Waals surface area contributed by atoms with Crippen molar-refractivity contribution in [3.05, 3.63) is 5.82 Å². The Hall–Kier alpha value is -1.34. The minimum Gasteiger partial charge on any atom is -0.383 e. The van der Waals surface area contributed by atoms with Crippen LogP contribution >= 0.6 is 12.2 Å². The summed E-state index contributed by atoms with van der Waals surface area (Å²) in [5.41, 5.74) is 0. The predicted octanol–water partition coefficient (Wildman–Crippen LogP) is 1.04. The number of hydrogen-bond acceptors (Lipinski definition) is 7. The zero-order chi connectivity index (χ0) is 12.7. The number of ether oxygens (including phenoxy) is 1. The van der Waals surface area contributed by atoms with E-state index < -0.39 is 0 Å². The molecular weight excluding hydrogens is 238 g/mol. The van der Waals surface area contributed by atoms with Gasteiger partial charge in [-0.05, 0) is 13.8 Å². The topological polar surface area (TPSA) is 72.0 Å². The lowest BCUT2D eigenvalue weighted by molar-refractivity contribution is 0.210. The third-order valence-electron chi connectivity index (χ3n) is 1.90. The molecule has 1 rings (SSSR count). The van der Waals surface area contributed by atoms with Crippen molar-refractivity contribution >= 4 is 29.5 Å². The van der Waals surface area contributed by atoms with Gasteiger partial charge in [0.2, 0.25) is 11.9 Å². The number of methoxy groups -OCH3 is 1. The largest absolute Gasteiger partial charge is 0.383 e. The van der Waals surface area contributed by atoms with Crippen LogP contribution < -0.4 is 10.6 Å². The molecule has 0 spiro atoms. The summed E-state index contributed by atoms with van der Waals surface area (Å²) in [7, 11) is 1.65. The average Bonchev–Trinajstić information content (AvgIpc) is 2.28. The molecule has 0 aromatic carbocycles. The maximum Gasteiger partial charge on any atom is 0.228 e. The maximum absolute atomic E-state index is 4.94. The fraction of sp³-hybridized carbons (Fsp3) is 0.600. The van der Waals surface area contributed by atoms with Gasteiger partial charge in [0, 0.05) is 19.0 Å². The van der Waals surface area contributed by atoms with Crippen LogP contribution in [0.5, 0.6) is 0 Å². The summed E-state index contributed by atoms with van der Waals surface area (Å²) in [5, 5.41) is 7.75. The predicted molar refractivity (Wildman–Crippen MR) is 71.7 cm³/mol. The number of hydrogen-bond donors (Lipinski definition) is 2. The van der Waals surface area contributed by atoms with Gasteiger partial charge in [-0.1, -0.05) is 12.2 Å². The summed E-state index contributed by atoms with van der Waals surface area (Å²) in [6.07, 6.45) is 0. The molecule has 0 aliphatic carbocycles. The van der Waals surface area contributed by atoms with Crippen LogP contribution in [0.1, 0.15) is 12.7 Å². The Morgan fingerprint density at radius 2 is 2.06 bits per heavy atom. The Balaban J connectivity index is 2.68. The Morgan fingerprint density at radius 1 is 1.35 bits per heavy atom. The van der Waals surface area contributed by atoms with Gasteiger partial charge >= 0.3 is 0 Å². The van der Waals surface area contributed by atoms with Crippen molar-refractivity contribution in [3.8, 4) is 0 Å². The first kappa shape index (κ1) is 13.7. The molecule has 0 saturated carbocycles. The van der Waals surface area contributed by atoms with E-state index in [1.165, 1.54) is 0 Å². The van der Waals surface area contributed by atoms with E-state index in [0.717, 1.165) is 0 Å². The molecule has 0 saturated heterocycles. The van der Waals surface area contributed by atoms with Crippen molar-refractivity contribution in [1.29, 1.82) is 0 Å². The van der Waals surface area contributed by atoms with Crippen molar-refractivity contribution in [2.24, 2.45) is 0 Å². The highest BCUT2D eigenvalue weighted by Gasteiger charge is 2.05. The molecule has 6 nitrogen and oxygen atoms in total. The van der Waals surface area contributed by atoms with Gasteiger partial charge in [-0.2, -0.15) is 15.0 Å². The molecule has 17 heavy (non-hydrogen) atoms.